The quantitative estimate of drug-likeness (QED) is 0.780. The SMILES string of the molecule is Cc1ccccc1CN(C)c1cccc(F)c1C=O. The van der Waals surface area contributed by atoms with Crippen LogP contribution in [-0.2, 0) is 6.54 Å². The van der Waals surface area contributed by atoms with Crippen molar-refractivity contribution in [2.75, 3.05) is 11.9 Å². The molecule has 2 rings (SSSR count). The first-order valence-corrected chi connectivity index (χ1v) is 6.13. The van der Waals surface area contributed by atoms with Crippen LogP contribution >= 0.6 is 0 Å². The van der Waals surface area contributed by atoms with E-state index in [1.807, 2.05) is 43.1 Å². The third kappa shape index (κ3) is 2.81. The highest BCUT2D eigenvalue weighted by Gasteiger charge is 2.12. The highest BCUT2D eigenvalue weighted by atomic mass is 19.1. The molecule has 0 spiro atoms. The molecule has 0 aliphatic rings. The normalized spacial score (nSPS) is 10.3. The number of anilines is 1. The zero-order valence-electron chi connectivity index (χ0n) is 11.1. The average molecular weight is 257 g/mol. The van der Waals surface area contributed by atoms with Crippen LogP contribution in [0.1, 0.15) is 21.5 Å². The predicted molar refractivity (Wildman–Crippen MR) is 75.1 cm³/mol. The summed E-state index contributed by atoms with van der Waals surface area (Å²) < 4.78 is 13.6. The summed E-state index contributed by atoms with van der Waals surface area (Å²) in [5.74, 6) is -0.482. The molecule has 0 aromatic heterocycles. The number of hydrogen-bond acceptors (Lipinski definition) is 2. The number of rotatable bonds is 4. The highest BCUT2D eigenvalue weighted by molar-refractivity contribution is 5.84. The van der Waals surface area contributed by atoms with E-state index < -0.39 is 5.82 Å². The molecular weight excluding hydrogens is 241 g/mol. The second-order valence-electron chi connectivity index (χ2n) is 4.57. The molecule has 0 unspecified atom stereocenters. The van der Waals surface area contributed by atoms with Crippen LogP contribution in [0, 0.1) is 12.7 Å². The average Bonchev–Trinajstić information content (AvgIpc) is 2.41. The van der Waals surface area contributed by atoms with Gasteiger partial charge in [0.25, 0.3) is 0 Å². The van der Waals surface area contributed by atoms with Crippen LogP contribution < -0.4 is 4.90 Å². The van der Waals surface area contributed by atoms with Gasteiger partial charge in [-0.2, -0.15) is 0 Å². The summed E-state index contributed by atoms with van der Waals surface area (Å²) in [6.07, 6.45) is 0.568. The fourth-order valence-electron chi connectivity index (χ4n) is 2.10. The zero-order chi connectivity index (χ0) is 13.8. The molecule has 98 valence electrons. The number of hydrogen-bond donors (Lipinski definition) is 0. The Bertz CT molecular complexity index is 595. The summed E-state index contributed by atoms with van der Waals surface area (Å²) in [7, 11) is 1.86. The fourth-order valence-corrected chi connectivity index (χ4v) is 2.10. The van der Waals surface area contributed by atoms with E-state index in [0.717, 1.165) is 5.56 Å². The lowest BCUT2D eigenvalue weighted by Crippen LogP contribution is -2.19. The van der Waals surface area contributed by atoms with E-state index in [1.54, 1.807) is 12.1 Å². The zero-order valence-corrected chi connectivity index (χ0v) is 11.1. The first kappa shape index (κ1) is 13.3. The molecule has 2 aromatic rings. The topological polar surface area (TPSA) is 20.3 Å². The maximum Gasteiger partial charge on any atom is 0.155 e. The molecule has 0 saturated heterocycles. The Labute approximate surface area is 112 Å². The van der Waals surface area contributed by atoms with Crippen LogP contribution in [0.4, 0.5) is 10.1 Å². The fraction of sp³-hybridized carbons (Fsp3) is 0.188. The van der Waals surface area contributed by atoms with Gasteiger partial charge in [-0.05, 0) is 30.2 Å². The molecule has 0 bridgehead atoms. The molecule has 0 radical (unpaired) electrons. The van der Waals surface area contributed by atoms with Crippen LogP contribution in [0.3, 0.4) is 0 Å². The number of halogens is 1. The molecular formula is C16H16FNO. The van der Waals surface area contributed by atoms with Gasteiger partial charge in [0, 0.05) is 13.6 Å². The molecule has 0 amide bonds. The van der Waals surface area contributed by atoms with E-state index in [0.29, 0.717) is 18.5 Å². The Morgan fingerprint density at radius 2 is 1.89 bits per heavy atom. The summed E-state index contributed by atoms with van der Waals surface area (Å²) in [6, 6.07) is 12.7. The van der Waals surface area contributed by atoms with Gasteiger partial charge in [-0.15, -0.1) is 0 Å². The number of carbonyl (C=O) groups is 1. The van der Waals surface area contributed by atoms with Crippen molar-refractivity contribution >= 4 is 12.0 Å². The Morgan fingerprint density at radius 1 is 1.16 bits per heavy atom. The first-order chi connectivity index (χ1) is 9.13. The van der Waals surface area contributed by atoms with E-state index in [4.69, 9.17) is 0 Å². The van der Waals surface area contributed by atoms with Crippen molar-refractivity contribution in [2.24, 2.45) is 0 Å². The van der Waals surface area contributed by atoms with Gasteiger partial charge in [0.15, 0.2) is 6.29 Å². The minimum Gasteiger partial charge on any atom is -0.370 e. The van der Waals surface area contributed by atoms with Gasteiger partial charge in [0.2, 0.25) is 0 Å². The van der Waals surface area contributed by atoms with Gasteiger partial charge >= 0.3 is 0 Å². The second-order valence-corrected chi connectivity index (χ2v) is 4.57. The molecule has 0 atom stereocenters. The lowest BCUT2D eigenvalue weighted by Gasteiger charge is -2.22. The number of carbonyl (C=O) groups excluding carboxylic acids is 1. The Kier molecular flexibility index (Phi) is 3.95. The van der Waals surface area contributed by atoms with Crippen molar-refractivity contribution in [1.82, 2.24) is 0 Å². The minimum atomic E-state index is -0.482. The van der Waals surface area contributed by atoms with E-state index >= 15 is 0 Å². The molecule has 2 aromatic carbocycles. The third-order valence-electron chi connectivity index (χ3n) is 3.23. The summed E-state index contributed by atoms with van der Waals surface area (Å²) >= 11 is 0. The van der Waals surface area contributed by atoms with Gasteiger partial charge in [0.05, 0.1) is 11.3 Å². The van der Waals surface area contributed by atoms with E-state index in [2.05, 4.69) is 0 Å². The van der Waals surface area contributed by atoms with Crippen LogP contribution in [0.5, 0.6) is 0 Å². The molecule has 0 heterocycles. The lowest BCUT2D eigenvalue weighted by molar-refractivity contribution is 0.112. The summed E-state index contributed by atoms with van der Waals surface area (Å²) in [4.78, 5) is 12.9. The molecule has 19 heavy (non-hydrogen) atoms. The molecule has 0 saturated carbocycles. The number of benzene rings is 2. The molecule has 0 aliphatic carbocycles. The van der Waals surface area contributed by atoms with Crippen LogP contribution in [0.25, 0.3) is 0 Å². The lowest BCUT2D eigenvalue weighted by atomic mass is 10.1. The highest BCUT2D eigenvalue weighted by Crippen LogP contribution is 2.22. The minimum absolute atomic E-state index is 0.110. The molecule has 0 fully saturated rings. The first-order valence-electron chi connectivity index (χ1n) is 6.13. The van der Waals surface area contributed by atoms with Gasteiger partial charge in [0.1, 0.15) is 5.82 Å². The summed E-state index contributed by atoms with van der Waals surface area (Å²) in [6.45, 7) is 2.67. The van der Waals surface area contributed by atoms with E-state index in [1.165, 1.54) is 11.6 Å². The van der Waals surface area contributed by atoms with Crippen molar-refractivity contribution in [2.45, 2.75) is 13.5 Å². The predicted octanol–water partition coefficient (Wildman–Crippen LogP) is 3.58. The summed E-state index contributed by atoms with van der Waals surface area (Å²) in [5, 5.41) is 0. The van der Waals surface area contributed by atoms with E-state index in [-0.39, 0.29) is 5.56 Å². The summed E-state index contributed by atoms with van der Waals surface area (Å²) in [5.41, 5.74) is 3.06. The maximum atomic E-state index is 13.6. The van der Waals surface area contributed by atoms with Crippen molar-refractivity contribution in [3.8, 4) is 0 Å². The van der Waals surface area contributed by atoms with Crippen molar-refractivity contribution in [3.63, 3.8) is 0 Å². The van der Waals surface area contributed by atoms with Gasteiger partial charge < -0.3 is 4.90 Å². The molecule has 0 aliphatic heterocycles. The number of aryl methyl sites for hydroxylation is 1. The smallest absolute Gasteiger partial charge is 0.155 e. The van der Waals surface area contributed by atoms with Crippen LogP contribution in [0.15, 0.2) is 42.5 Å². The van der Waals surface area contributed by atoms with Crippen LogP contribution in [0.2, 0.25) is 0 Å². The Hall–Kier alpha value is -2.16. The Morgan fingerprint density at radius 3 is 2.58 bits per heavy atom. The van der Waals surface area contributed by atoms with Crippen molar-refractivity contribution < 1.29 is 9.18 Å². The van der Waals surface area contributed by atoms with Gasteiger partial charge in [-0.1, -0.05) is 30.3 Å². The monoisotopic (exact) mass is 257 g/mol. The maximum absolute atomic E-state index is 13.6. The number of nitrogens with zero attached hydrogens (tertiary/aromatic N) is 1. The number of aldehydes is 1. The molecule has 0 N–H and O–H groups in total. The van der Waals surface area contributed by atoms with Crippen LogP contribution in [-0.4, -0.2) is 13.3 Å². The molecule has 2 nitrogen and oxygen atoms in total. The largest absolute Gasteiger partial charge is 0.370 e. The second kappa shape index (κ2) is 5.65. The standard InChI is InChI=1S/C16H16FNO/c1-12-6-3-4-7-13(12)10-18(2)16-9-5-8-15(17)14(16)11-19/h3-9,11H,10H2,1-2H3. The van der Waals surface area contributed by atoms with Gasteiger partial charge in [-0.25, -0.2) is 4.39 Å². The molecule has 3 heteroatoms. The van der Waals surface area contributed by atoms with Crippen molar-refractivity contribution in [3.05, 3.63) is 65.0 Å². The van der Waals surface area contributed by atoms with Gasteiger partial charge in [-0.3, -0.25) is 4.79 Å². The van der Waals surface area contributed by atoms with E-state index in [9.17, 15) is 9.18 Å². The van der Waals surface area contributed by atoms with Crippen molar-refractivity contribution in [1.29, 1.82) is 0 Å². The third-order valence-corrected chi connectivity index (χ3v) is 3.23. The Balaban J connectivity index is 2.30.